The monoisotopic (exact) mass is 337 g/mol. The number of hydrogen-bond acceptors (Lipinski definition) is 7. The molecular formula is C16H27N5O3. The van der Waals surface area contributed by atoms with Crippen molar-refractivity contribution in [2.24, 2.45) is 0 Å². The number of aromatic nitrogens is 2. The van der Waals surface area contributed by atoms with Crippen molar-refractivity contribution >= 4 is 5.91 Å². The summed E-state index contributed by atoms with van der Waals surface area (Å²) in [6.45, 7) is 12.0. The Labute approximate surface area is 142 Å². The molecule has 0 aromatic carbocycles. The summed E-state index contributed by atoms with van der Waals surface area (Å²) in [6.07, 6.45) is 0.137. The molecule has 134 valence electrons. The standard InChI is InChI=1S/C16H27N5O3/c1-12-10-21(8-9-23-12)15(22)11-19-4-6-20(7-5-19)13(2)16-17-14(3)18-24-16/h12-13H,4-11H2,1-3H3/t12-,13-/m1/s1. The van der Waals surface area contributed by atoms with Crippen LogP contribution in [-0.2, 0) is 9.53 Å². The minimum absolute atomic E-state index is 0.115. The van der Waals surface area contributed by atoms with Crippen molar-refractivity contribution < 1.29 is 14.1 Å². The van der Waals surface area contributed by atoms with Crippen LogP contribution < -0.4 is 0 Å². The molecule has 0 unspecified atom stereocenters. The van der Waals surface area contributed by atoms with Gasteiger partial charge in [0.25, 0.3) is 0 Å². The van der Waals surface area contributed by atoms with Crippen LogP contribution in [0.2, 0.25) is 0 Å². The van der Waals surface area contributed by atoms with E-state index in [0.29, 0.717) is 38.0 Å². The molecule has 8 nitrogen and oxygen atoms in total. The summed E-state index contributed by atoms with van der Waals surface area (Å²) in [5.74, 6) is 1.54. The van der Waals surface area contributed by atoms with Crippen LogP contribution in [0.15, 0.2) is 4.52 Å². The van der Waals surface area contributed by atoms with E-state index in [1.807, 2.05) is 18.7 Å². The quantitative estimate of drug-likeness (QED) is 0.782. The van der Waals surface area contributed by atoms with Crippen molar-refractivity contribution in [2.45, 2.75) is 32.9 Å². The average molecular weight is 337 g/mol. The summed E-state index contributed by atoms with van der Waals surface area (Å²) in [6, 6.07) is 0.115. The Morgan fingerprint density at radius 3 is 2.67 bits per heavy atom. The predicted molar refractivity (Wildman–Crippen MR) is 87.5 cm³/mol. The highest BCUT2D eigenvalue weighted by atomic mass is 16.5. The molecule has 2 aliphatic rings. The van der Waals surface area contributed by atoms with Gasteiger partial charge in [-0.05, 0) is 20.8 Å². The third-order valence-electron chi connectivity index (χ3n) is 4.81. The molecule has 2 fully saturated rings. The van der Waals surface area contributed by atoms with Gasteiger partial charge in [0, 0.05) is 39.3 Å². The summed E-state index contributed by atoms with van der Waals surface area (Å²) < 4.78 is 10.8. The number of aryl methyl sites for hydroxylation is 1. The van der Waals surface area contributed by atoms with Gasteiger partial charge in [-0.25, -0.2) is 0 Å². The Bertz CT molecular complexity index is 556. The van der Waals surface area contributed by atoms with E-state index in [0.717, 1.165) is 26.2 Å². The van der Waals surface area contributed by atoms with Gasteiger partial charge in [-0.3, -0.25) is 14.6 Å². The molecular weight excluding hydrogens is 310 g/mol. The lowest BCUT2D eigenvalue weighted by atomic mass is 10.2. The van der Waals surface area contributed by atoms with Gasteiger partial charge in [-0.2, -0.15) is 4.98 Å². The molecule has 0 N–H and O–H groups in total. The van der Waals surface area contributed by atoms with Crippen LogP contribution in [0.1, 0.15) is 31.6 Å². The molecule has 1 amide bonds. The van der Waals surface area contributed by atoms with Gasteiger partial charge < -0.3 is 14.2 Å². The first kappa shape index (κ1) is 17.3. The fraction of sp³-hybridized carbons (Fsp3) is 0.812. The van der Waals surface area contributed by atoms with E-state index in [-0.39, 0.29) is 18.1 Å². The zero-order valence-electron chi connectivity index (χ0n) is 14.8. The Balaban J connectivity index is 1.45. The van der Waals surface area contributed by atoms with Crippen molar-refractivity contribution in [1.82, 2.24) is 24.8 Å². The molecule has 0 aliphatic carbocycles. The van der Waals surface area contributed by atoms with Crippen LogP contribution in [0.3, 0.4) is 0 Å². The van der Waals surface area contributed by atoms with Gasteiger partial charge >= 0.3 is 0 Å². The average Bonchev–Trinajstić information content (AvgIpc) is 3.01. The number of carbonyl (C=O) groups is 1. The zero-order valence-corrected chi connectivity index (χ0v) is 14.8. The molecule has 24 heavy (non-hydrogen) atoms. The number of ether oxygens (including phenoxy) is 1. The van der Waals surface area contributed by atoms with E-state index in [9.17, 15) is 4.79 Å². The predicted octanol–water partition coefficient (Wildman–Crippen LogP) is 0.304. The van der Waals surface area contributed by atoms with Crippen molar-refractivity contribution in [3.05, 3.63) is 11.7 Å². The SMILES string of the molecule is Cc1noc([C@@H](C)N2CCN(CC(=O)N3CCO[C@H](C)C3)CC2)n1. The highest BCUT2D eigenvalue weighted by molar-refractivity contribution is 5.78. The molecule has 0 bridgehead atoms. The molecule has 2 atom stereocenters. The largest absolute Gasteiger partial charge is 0.375 e. The van der Waals surface area contributed by atoms with Crippen molar-refractivity contribution in [3.63, 3.8) is 0 Å². The zero-order chi connectivity index (χ0) is 17.1. The summed E-state index contributed by atoms with van der Waals surface area (Å²) in [5, 5.41) is 3.86. The lowest BCUT2D eigenvalue weighted by molar-refractivity contribution is -0.139. The second-order valence-electron chi connectivity index (χ2n) is 6.69. The Morgan fingerprint density at radius 2 is 2.04 bits per heavy atom. The van der Waals surface area contributed by atoms with E-state index in [1.165, 1.54) is 0 Å². The van der Waals surface area contributed by atoms with Crippen molar-refractivity contribution in [3.8, 4) is 0 Å². The van der Waals surface area contributed by atoms with E-state index in [2.05, 4.69) is 26.9 Å². The molecule has 3 rings (SSSR count). The van der Waals surface area contributed by atoms with E-state index >= 15 is 0 Å². The van der Waals surface area contributed by atoms with Crippen LogP contribution >= 0.6 is 0 Å². The summed E-state index contributed by atoms with van der Waals surface area (Å²) in [7, 11) is 0. The van der Waals surface area contributed by atoms with Crippen LogP contribution in [0.4, 0.5) is 0 Å². The molecule has 0 radical (unpaired) electrons. The molecule has 3 heterocycles. The maximum Gasteiger partial charge on any atom is 0.243 e. The number of amides is 1. The topological polar surface area (TPSA) is 74.9 Å². The molecule has 0 saturated carbocycles. The second kappa shape index (κ2) is 7.58. The Morgan fingerprint density at radius 1 is 1.29 bits per heavy atom. The van der Waals surface area contributed by atoms with E-state index < -0.39 is 0 Å². The van der Waals surface area contributed by atoms with Crippen LogP contribution in [0, 0.1) is 6.92 Å². The Hall–Kier alpha value is -1.51. The number of piperazine rings is 1. The summed E-state index contributed by atoms with van der Waals surface area (Å²) >= 11 is 0. The van der Waals surface area contributed by atoms with Crippen molar-refractivity contribution in [1.29, 1.82) is 0 Å². The third kappa shape index (κ3) is 4.12. The highest BCUT2D eigenvalue weighted by Crippen LogP contribution is 2.20. The van der Waals surface area contributed by atoms with E-state index in [4.69, 9.17) is 9.26 Å². The third-order valence-corrected chi connectivity index (χ3v) is 4.81. The first-order valence-electron chi connectivity index (χ1n) is 8.69. The fourth-order valence-corrected chi connectivity index (χ4v) is 3.28. The summed E-state index contributed by atoms with van der Waals surface area (Å²) in [4.78, 5) is 23.2. The molecule has 2 saturated heterocycles. The van der Waals surface area contributed by atoms with Gasteiger partial charge in [-0.1, -0.05) is 5.16 Å². The molecule has 1 aromatic rings. The van der Waals surface area contributed by atoms with Gasteiger partial charge in [0.1, 0.15) is 0 Å². The first-order valence-corrected chi connectivity index (χ1v) is 8.69. The smallest absolute Gasteiger partial charge is 0.243 e. The molecule has 2 aliphatic heterocycles. The molecule has 1 aromatic heterocycles. The van der Waals surface area contributed by atoms with E-state index in [1.54, 1.807) is 0 Å². The highest BCUT2D eigenvalue weighted by Gasteiger charge is 2.28. The fourth-order valence-electron chi connectivity index (χ4n) is 3.28. The van der Waals surface area contributed by atoms with Crippen LogP contribution in [0.25, 0.3) is 0 Å². The van der Waals surface area contributed by atoms with Gasteiger partial charge in [-0.15, -0.1) is 0 Å². The number of morpholine rings is 1. The second-order valence-corrected chi connectivity index (χ2v) is 6.69. The lowest BCUT2D eigenvalue weighted by Crippen LogP contribution is -2.52. The van der Waals surface area contributed by atoms with Gasteiger partial charge in [0.15, 0.2) is 5.82 Å². The lowest BCUT2D eigenvalue weighted by Gasteiger charge is -2.38. The van der Waals surface area contributed by atoms with Crippen LogP contribution in [-0.4, -0.2) is 89.3 Å². The van der Waals surface area contributed by atoms with Crippen molar-refractivity contribution in [2.75, 3.05) is 52.4 Å². The number of hydrogen-bond donors (Lipinski definition) is 0. The normalized spacial score (nSPS) is 25.0. The number of nitrogens with zero attached hydrogens (tertiary/aromatic N) is 5. The number of carbonyl (C=O) groups excluding carboxylic acids is 1. The van der Waals surface area contributed by atoms with Crippen LogP contribution in [0.5, 0.6) is 0 Å². The number of rotatable bonds is 4. The molecule has 8 heteroatoms. The van der Waals surface area contributed by atoms with Gasteiger partial charge in [0.05, 0.1) is 25.3 Å². The minimum Gasteiger partial charge on any atom is -0.375 e. The summed E-state index contributed by atoms with van der Waals surface area (Å²) in [5.41, 5.74) is 0. The van der Waals surface area contributed by atoms with Gasteiger partial charge in [0.2, 0.25) is 11.8 Å². The minimum atomic E-state index is 0.115. The maximum absolute atomic E-state index is 12.4. The Kier molecular flexibility index (Phi) is 5.47. The maximum atomic E-state index is 12.4. The molecule has 0 spiro atoms. The first-order chi connectivity index (χ1) is 11.5.